The van der Waals surface area contributed by atoms with E-state index in [-0.39, 0.29) is 0 Å². The summed E-state index contributed by atoms with van der Waals surface area (Å²) in [5.74, 6) is 0. The van der Waals surface area contributed by atoms with Gasteiger partial charge >= 0.3 is 0 Å². The van der Waals surface area contributed by atoms with Gasteiger partial charge in [0.2, 0.25) is 0 Å². The number of hydrogen-bond donors (Lipinski definition) is 0. The molecule has 0 radical (unpaired) electrons. The summed E-state index contributed by atoms with van der Waals surface area (Å²) in [5, 5.41) is 0. The maximum absolute atomic E-state index is 11.1. The third-order valence-corrected chi connectivity index (χ3v) is 2.56. The second-order valence-electron chi connectivity index (χ2n) is 3.88. The first-order valence-electron chi connectivity index (χ1n) is 5.47. The van der Waals surface area contributed by atoms with Crippen molar-refractivity contribution in [1.82, 2.24) is 0 Å². The first kappa shape index (κ1) is 11.3. The summed E-state index contributed by atoms with van der Waals surface area (Å²) in [6, 6.07) is 13.7. The van der Waals surface area contributed by atoms with Crippen LogP contribution in [0.4, 0.5) is 0 Å². The maximum atomic E-state index is 11.1. The number of benzene rings is 1. The number of pyridine rings is 1. The van der Waals surface area contributed by atoms with Crippen LogP contribution >= 0.6 is 0 Å². The monoisotopic (exact) mass is 224 g/mol. The van der Waals surface area contributed by atoms with Crippen molar-refractivity contribution in [3.05, 3.63) is 66.0 Å². The fraction of sp³-hybridized carbons (Fsp3) is 0.0667. The van der Waals surface area contributed by atoms with Crippen molar-refractivity contribution in [3.8, 4) is 0 Å². The summed E-state index contributed by atoms with van der Waals surface area (Å²) in [6.07, 6.45) is 6.64. The molecular weight excluding hydrogens is 210 g/mol. The molecule has 0 aliphatic rings. The van der Waals surface area contributed by atoms with E-state index in [4.69, 9.17) is 0 Å². The van der Waals surface area contributed by atoms with Gasteiger partial charge < -0.3 is 0 Å². The Hall–Kier alpha value is -2.22. The summed E-state index contributed by atoms with van der Waals surface area (Å²) in [6.45, 7) is 0. The van der Waals surface area contributed by atoms with Crippen molar-refractivity contribution in [3.63, 3.8) is 0 Å². The Morgan fingerprint density at radius 2 is 1.71 bits per heavy atom. The lowest BCUT2D eigenvalue weighted by Crippen LogP contribution is -2.25. The number of aldehydes is 1. The molecule has 84 valence electrons. The van der Waals surface area contributed by atoms with Crippen LogP contribution < -0.4 is 4.57 Å². The SMILES string of the molecule is C[n+]1ccc(C(C=O)=Cc2ccccc2)cc1. The lowest BCUT2D eigenvalue weighted by molar-refractivity contribution is -0.671. The Labute approximate surface area is 101 Å². The van der Waals surface area contributed by atoms with Gasteiger partial charge in [-0.15, -0.1) is 0 Å². The van der Waals surface area contributed by atoms with Crippen LogP contribution in [0.5, 0.6) is 0 Å². The number of rotatable bonds is 3. The van der Waals surface area contributed by atoms with Crippen LogP contribution in [-0.4, -0.2) is 6.29 Å². The first-order valence-corrected chi connectivity index (χ1v) is 5.47. The van der Waals surface area contributed by atoms with Crippen molar-refractivity contribution >= 4 is 17.9 Å². The highest BCUT2D eigenvalue weighted by molar-refractivity contribution is 6.13. The second-order valence-corrected chi connectivity index (χ2v) is 3.88. The predicted molar refractivity (Wildman–Crippen MR) is 68.0 cm³/mol. The van der Waals surface area contributed by atoms with E-state index < -0.39 is 0 Å². The Morgan fingerprint density at radius 3 is 2.29 bits per heavy atom. The molecule has 0 saturated heterocycles. The summed E-state index contributed by atoms with van der Waals surface area (Å²) in [4.78, 5) is 11.1. The highest BCUT2D eigenvalue weighted by Gasteiger charge is 2.02. The van der Waals surface area contributed by atoms with Gasteiger partial charge in [0.15, 0.2) is 18.7 Å². The molecule has 0 aliphatic carbocycles. The van der Waals surface area contributed by atoms with Crippen LogP contribution in [0.15, 0.2) is 54.9 Å². The summed E-state index contributed by atoms with van der Waals surface area (Å²) in [7, 11) is 1.95. The molecule has 0 aliphatic heterocycles. The van der Waals surface area contributed by atoms with Crippen LogP contribution in [0, 0.1) is 0 Å². The van der Waals surface area contributed by atoms with E-state index in [1.165, 1.54) is 0 Å². The number of aryl methyl sites for hydroxylation is 1. The first-order chi connectivity index (χ1) is 8.29. The summed E-state index contributed by atoms with van der Waals surface area (Å²) < 4.78 is 1.94. The van der Waals surface area contributed by atoms with Crippen LogP contribution in [0.1, 0.15) is 11.1 Å². The molecule has 17 heavy (non-hydrogen) atoms. The molecule has 0 amide bonds. The quantitative estimate of drug-likeness (QED) is 0.445. The van der Waals surface area contributed by atoms with E-state index in [0.29, 0.717) is 5.57 Å². The van der Waals surface area contributed by atoms with Gasteiger partial charge in [-0.1, -0.05) is 30.3 Å². The Morgan fingerprint density at radius 1 is 1.06 bits per heavy atom. The molecule has 0 saturated carbocycles. The van der Waals surface area contributed by atoms with Gasteiger partial charge in [0.1, 0.15) is 7.05 Å². The van der Waals surface area contributed by atoms with Crippen molar-refractivity contribution < 1.29 is 9.36 Å². The molecule has 0 unspecified atom stereocenters. The van der Waals surface area contributed by atoms with Crippen LogP contribution in [0.2, 0.25) is 0 Å². The number of nitrogens with zero attached hydrogens (tertiary/aromatic N) is 1. The van der Waals surface area contributed by atoms with Crippen LogP contribution in [0.25, 0.3) is 11.6 Å². The van der Waals surface area contributed by atoms with Crippen molar-refractivity contribution in [2.24, 2.45) is 7.05 Å². The van der Waals surface area contributed by atoms with E-state index in [0.717, 1.165) is 17.4 Å². The third kappa shape index (κ3) is 2.88. The van der Waals surface area contributed by atoms with Crippen molar-refractivity contribution in [2.75, 3.05) is 0 Å². The lowest BCUT2D eigenvalue weighted by atomic mass is 10.1. The normalized spacial score (nSPS) is 11.2. The minimum Gasteiger partial charge on any atom is -0.298 e. The zero-order valence-corrected chi connectivity index (χ0v) is 9.71. The number of aromatic nitrogens is 1. The number of allylic oxidation sites excluding steroid dienone is 1. The highest BCUT2D eigenvalue weighted by atomic mass is 16.1. The Balaban J connectivity index is 2.37. The molecular formula is C15H14NO+. The average Bonchev–Trinajstić information content (AvgIpc) is 2.38. The topological polar surface area (TPSA) is 20.9 Å². The van der Waals surface area contributed by atoms with Gasteiger partial charge in [0, 0.05) is 17.7 Å². The van der Waals surface area contributed by atoms with E-state index in [1.807, 2.05) is 72.5 Å². The maximum Gasteiger partial charge on any atom is 0.169 e. The van der Waals surface area contributed by atoms with Crippen LogP contribution in [0.3, 0.4) is 0 Å². The summed E-state index contributed by atoms with van der Waals surface area (Å²) in [5.41, 5.74) is 2.65. The van der Waals surface area contributed by atoms with Crippen LogP contribution in [-0.2, 0) is 11.8 Å². The van der Waals surface area contributed by atoms with Gasteiger partial charge in [-0.05, 0) is 17.2 Å². The van der Waals surface area contributed by atoms with Gasteiger partial charge in [-0.2, -0.15) is 0 Å². The number of carbonyl (C=O) groups excluding carboxylic acids is 1. The number of carbonyl (C=O) groups is 1. The van der Waals surface area contributed by atoms with E-state index in [1.54, 1.807) is 0 Å². The minimum atomic E-state index is 0.691. The summed E-state index contributed by atoms with van der Waals surface area (Å²) >= 11 is 0. The molecule has 0 fully saturated rings. The second kappa shape index (κ2) is 5.21. The molecule has 1 heterocycles. The average molecular weight is 224 g/mol. The molecule has 1 aromatic heterocycles. The van der Waals surface area contributed by atoms with Crippen molar-refractivity contribution in [1.29, 1.82) is 0 Å². The minimum absolute atomic E-state index is 0.691. The van der Waals surface area contributed by atoms with Gasteiger partial charge in [-0.25, -0.2) is 4.57 Å². The standard InChI is InChI=1S/C15H14NO/c1-16-9-7-14(8-10-16)15(12-17)11-13-5-3-2-4-6-13/h2-12H,1H3/q+1. The molecule has 0 N–H and O–H groups in total. The number of hydrogen-bond acceptors (Lipinski definition) is 1. The third-order valence-electron chi connectivity index (χ3n) is 2.56. The van der Waals surface area contributed by atoms with E-state index in [2.05, 4.69) is 0 Å². The lowest BCUT2D eigenvalue weighted by Gasteiger charge is -1.99. The Bertz CT molecular complexity index is 527. The fourth-order valence-corrected chi connectivity index (χ4v) is 1.61. The van der Waals surface area contributed by atoms with E-state index in [9.17, 15) is 4.79 Å². The van der Waals surface area contributed by atoms with Gasteiger partial charge in [0.25, 0.3) is 0 Å². The predicted octanol–water partition coefficient (Wildman–Crippen LogP) is 2.25. The van der Waals surface area contributed by atoms with Gasteiger partial charge in [0.05, 0.1) is 0 Å². The fourth-order valence-electron chi connectivity index (χ4n) is 1.61. The molecule has 2 aromatic rings. The Kier molecular flexibility index (Phi) is 3.46. The van der Waals surface area contributed by atoms with Gasteiger partial charge in [-0.3, -0.25) is 4.79 Å². The van der Waals surface area contributed by atoms with Crippen molar-refractivity contribution in [2.45, 2.75) is 0 Å². The zero-order valence-electron chi connectivity index (χ0n) is 9.71. The molecule has 2 rings (SSSR count). The zero-order chi connectivity index (χ0) is 12.1. The molecule has 2 nitrogen and oxygen atoms in total. The molecule has 0 atom stereocenters. The molecule has 0 spiro atoms. The smallest absolute Gasteiger partial charge is 0.169 e. The molecule has 1 aromatic carbocycles. The largest absolute Gasteiger partial charge is 0.298 e. The highest BCUT2D eigenvalue weighted by Crippen LogP contribution is 2.14. The molecule has 0 bridgehead atoms. The van der Waals surface area contributed by atoms with E-state index >= 15 is 0 Å². The molecule has 2 heteroatoms.